The van der Waals surface area contributed by atoms with E-state index in [1.165, 1.54) is 0 Å². The summed E-state index contributed by atoms with van der Waals surface area (Å²) in [6, 6.07) is 25.9. The number of para-hydroxylation sites is 2. The minimum absolute atomic E-state index is 0.217. The predicted molar refractivity (Wildman–Crippen MR) is 144 cm³/mol. The molecule has 0 unspecified atom stereocenters. The third-order valence-corrected chi connectivity index (χ3v) is 6.51. The average molecular weight is 513 g/mol. The number of hydrazone groups is 1. The maximum Gasteiger partial charge on any atom is 0.306 e. The van der Waals surface area contributed by atoms with Gasteiger partial charge in [-0.05, 0) is 56.2 Å². The highest BCUT2D eigenvalue weighted by molar-refractivity contribution is 6.33. The van der Waals surface area contributed by atoms with E-state index < -0.39 is 5.91 Å². The first-order valence-corrected chi connectivity index (χ1v) is 12.4. The summed E-state index contributed by atoms with van der Waals surface area (Å²) in [5, 5.41) is 6.46. The Morgan fingerprint density at radius 1 is 0.865 bits per heavy atom. The largest absolute Gasteiger partial charge is 0.455 e. The van der Waals surface area contributed by atoms with Crippen molar-refractivity contribution in [3.05, 3.63) is 118 Å². The first kappa shape index (κ1) is 24.3. The number of fused-ring (bicyclic) bond motifs is 1. The molecule has 0 atom stereocenters. The summed E-state index contributed by atoms with van der Waals surface area (Å²) in [7, 11) is 0. The van der Waals surface area contributed by atoms with Crippen molar-refractivity contribution in [2.75, 3.05) is 5.01 Å². The molecule has 5 rings (SSSR count). The van der Waals surface area contributed by atoms with Crippen molar-refractivity contribution in [2.24, 2.45) is 5.10 Å². The number of hydrogen-bond donors (Lipinski definition) is 2. The van der Waals surface area contributed by atoms with Crippen LogP contribution in [0.4, 0.5) is 11.4 Å². The first-order chi connectivity index (χ1) is 18.0. The Morgan fingerprint density at radius 2 is 1.49 bits per heavy atom. The molecule has 2 amide bonds. The molecule has 1 aliphatic rings. The van der Waals surface area contributed by atoms with Crippen LogP contribution in [0.1, 0.15) is 50.6 Å². The molecule has 4 aromatic rings. The van der Waals surface area contributed by atoms with Crippen LogP contribution in [0.15, 0.2) is 94.4 Å². The second-order valence-electron chi connectivity index (χ2n) is 8.63. The van der Waals surface area contributed by atoms with Crippen LogP contribution in [-0.2, 0) is 6.42 Å². The lowest BCUT2D eigenvalue weighted by Crippen LogP contribution is -2.39. The Labute approximate surface area is 219 Å². The number of nitrogens with one attached hydrogen (secondary N) is 2. The van der Waals surface area contributed by atoms with E-state index in [9.17, 15) is 9.59 Å². The minimum Gasteiger partial charge on any atom is -0.455 e. The van der Waals surface area contributed by atoms with Gasteiger partial charge in [-0.25, -0.2) is 5.43 Å². The number of rotatable bonds is 6. The number of hydrogen-bond acceptors (Lipinski definition) is 5. The smallest absolute Gasteiger partial charge is 0.306 e. The number of amides is 2. The van der Waals surface area contributed by atoms with Gasteiger partial charge in [-0.3, -0.25) is 20.0 Å². The van der Waals surface area contributed by atoms with Crippen molar-refractivity contribution in [3.8, 4) is 0 Å². The molecule has 1 aliphatic carbocycles. The number of furan rings is 1. The standard InChI is InChI=1S/C29H25ClN4O3/c1-19-26-24(31-32-28(35)22-15-8-9-16-23(22)30)17-10-18-25(26)37-27(19)29(36)33-34(20-11-4-2-5-12-20)21-13-6-3-7-14-21/h2-9,11-16H,10,17-18H2,1H3,(H,32,35)(H,33,36)/b31-24+. The molecule has 37 heavy (non-hydrogen) atoms. The Morgan fingerprint density at radius 3 is 2.14 bits per heavy atom. The molecular weight excluding hydrogens is 488 g/mol. The van der Waals surface area contributed by atoms with Gasteiger partial charge in [0.05, 0.1) is 27.7 Å². The minimum atomic E-state index is -0.397. The van der Waals surface area contributed by atoms with E-state index in [1.807, 2.05) is 67.6 Å². The Bertz CT molecular complexity index is 1430. The quantitative estimate of drug-likeness (QED) is 0.301. The van der Waals surface area contributed by atoms with Gasteiger partial charge in [0.15, 0.2) is 5.76 Å². The maximum atomic E-state index is 13.5. The fraction of sp³-hybridized carbons (Fsp3) is 0.138. The van der Waals surface area contributed by atoms with Gasteiger partial charge >= 0.3 is 5.91 Å². The number of carbonyl (C=O) groups excluding carboxylic acids is 2. The summed E-state index contributed by atoms with van der Waals surface area (Å²) < 4.78 is 6.06. The summed E-state index contributed by atoms with van der Waals surface area (Å²) in [5.41, 5.74) is 9.66. The van der Waals surface area contributed by atoms with Crippen molar-refractivity contribution in [1.29, 1.82) is 0 Å². The van der Waals surface area contributed by atoms with Crippen LogP contribution >= 0.6 is 11.6 Å². The highest BCUT2D eigenvalue weighted by Gasteiger charge is 2.29. The molecule has 0 bridgehead atoms. The molecule has 0 fully saturated rings. The van der Waals surface area contributed by atoms with Crippen molar-refractivity contribution >= 4 is 40.5 Å². The lowest BCUT2D eigenvalue weighted by Gasteiger charge is -2.25. The fourth-order valence-corrected chi connectivity index (χ4v) is 4.63. The van der Waals surface area contributed by atoms with Crippen molar-refractivity contribution in [1.82, 2.24) is 10.9 Å². The summed E-state index contributed by atoms with van der Waals surface area (Å²) in [6.07, 6.45) is 2.13. The van der Waals surface area contributed by atoms with E-state index in [-0.39, 0.29) is 11.7 Å². The summed E-state index contributed by atoms with van der Waals surface area (Å²) in [5.74, 6) is 0.129. The van der Waals surface area contributed by atoms with Crippen molar-refractivity contribution in [3.63, 3.8) is 0 Å². The van der Waals surface area contributed by atoms with Crippen LogP contribution in [0.2, 0.25) is 5.02 Å². The normalized spacial score (nSPS) is 13.6. The molecule has 0 spiro atoms. The third-order valence-electron chi connectivity index (χ3n) is 6.18. The average Bonchev–Trinajstić information content (AvgIpc) is 3.28. The van der Waals surface area contributed by atoms with E-state index in [0.29, 0.717) is 40.5 Å². The molecular formula is C29H25ClN4O3. The van der Waals surface area contributed by atoms with Crippen LogP contribution in [0.25, 0.3) is 0 Å². The molecule has 1 heterocycles. The number of hydrazine groups is 1. The van der Waals surface area contributed by atoms with Crippen LogP contribution < -0.4 is 15.9 Å². The van der Waals surface area contributed by atoms with Crippen LogP contribution in [0, 0.1) is 6.92 Å². The summed E-state index contributed by atoms with van der Waals surface area (Å²) in [4.78, 5) is 26.1. The molecule has 0 radical (unpaired) electrons. The Kier molecular flexibility index (Phi) is 7.05. The van der Waals surface area contributed by atoms with E-state index >= 15 is 0 Å². The van der Waals surface area contributed by atoms with Gasteiger partial charge in [-0.1, -0.05) is 60.1 Å². The molecule has 2 N–H and O–H groups in total. The Hall–Kier alpha value is -4.36. The molecule has 3 aromatic carbocycles. The number of aryl methyl sites for hydroxylation is 1. The lowest BCUT2D eigenvalue weighted by molar-refractivity contribution is 0.0921. The number of anilines is 2. The maximum absolute atomic E-state index is 13.5. The number of benzene rings is 3. The SMILES string of the molecule is Cc1c(C(=O)NN(c2ccccc2)c2ccccc2)oc2c1/C(=N/NC(=O)c1ccccc1Cl)CCC2. The number of nitrogens with zero attached hydrogens (tertiary/aromatic N) is 2. The van der Waals surface area contributed by atoms with Crippen molar-refractivity contribution < 1.29 is 14.0 Å². The zero-order chi connectivity index (χ0) is 25.8. The van der Waals surface area contributed by atoms with Crippen LogP contribution in [0.5, 0.6) is 0 Å². The predicted octanol–water partition coefficient (Wildman–Crippen LogP) is 6.19. The second kappa shape index (κ2) is 10.7. The molecule has 8 heteroatoms. The lowest BCUT2D eigenvalue weighted by atomic mass is 9.93. The van der Waals surface area contributed by atoms with E-state index in [0.717, 1.165) is 23.4 Å². The highest BCUT2D eigenvalue weighted by Crippen LogP contribution is 2.31. The molecule has 7 nitrogen and oxygen atoms in total. The van der Waals surface area contributed by atoms with Crippen LogP contribution in [0.3, 0.4) is 0 Å². The number of halogens is 1. The van der Waals surface area contributed by atoms with Gasteiger partial charge in [0.1, 0.15) is 5.76 Å². The van der Waals surface area contributed by atoms with Gasteiger partial charge < -0.3 is 4.42 Å². The monoisotopic (exact) mass is 512 g/mol. The van der Waals surface area contributed by atoms with Gasteiger partial charge in [-0.2, -0.15) is 5.10 Å². The molecule has 1 aromatic heterocycles. The Balaban J connectivity index is 1.42. The summed E-state index contributed by atoms with van der Waals surface area (Å²) >= 11 is 6.14. The fourth-order valence-electron chi connectivity index (χ4n) is 4.41. The molecule has 0 saturated carbocycles. The first-order valence-electron chi connectivity index (χ1n) is 12.0. The van der Waals surface area contributed by atoms with Crippen LogP contribution in [-0.4, -0.2) is 17.5 Å². The van der Waals surface area contributed by atoms with Gasteiger partial charge in [-0.15, -0.1) is 0 Å². The molecule has 186 valence electrons. The van der Waals surface area contributed by atoms with Crippen molar-refractivity contribution in [2.45, 2.75) is 26.2 Å². The molecule has 0 saturated heterocycles. The van der Waals surface area contributed by atoms with E-state index in [1.54, 1.807) is 29.3 Å². The van der Waals surface area contributed by atoms with Gasteiger partial charge in [0, 0.05) is 17.5 Å². The zero-order valence-electron chi connectivity index (χ0n) is 20.2. The zero-order valence-corrected chi connectivity index (χ0v) is 21.0. The number of carbonyl (C=O) groups is 2. The highest BCUT2D eigenvalue weighted by atomic mass is 35.5. The van der Waals surface area contributed by atoms with E-state index in [4.69, 9.17) is 16.0 Å². The van der Waals surface area contributed by atoms with Gasteiger partial charge in [0.2, 0.25) is 0 Å². The van der Waals surface area contributed by atoms with Gasteiger partial charge in [0.25, 0.3) is 5.91 Å². The summed E-state index contributed by atoms with van der Waals surface area (Å²) in [6.45, 7) is 1.84. The van der Waals surface area contributed by atoms with E-state index in [2.05, 4.69) is 16.0 Å². The topological polar surface area (TPSA) is 86.9 Å². The second-order valence-corrected chi connectivity index (χ2v) is 9.04. The third kappa shape index (κ3) is 5.13. The molecule has 0 aliphatic heterocycles.